The van der Waals surface area contributed by atoms with Crippen LogP contribution in [0.1, 0.15) is 10.4 Å². The highest BCUT2D eigenvalue weighted by Crippen LogP contribution is 2.16. The van der Waals surface area contributed by atoms with Gasteiger partial charge in [-0.25, -0.2) is 9.59 Å². The van der Waals surface area contributed by atoms with E-state index in [9.17, 15) is 4.79 Å². The molecule has 5 nitrogen and oxygen atoms in total. The third kappa shape index (κ3) is 5.69. The average molecular weight is 277 g/mol. The molecule has 82 valence electrons. The molecule has 0 radical (unpaired) electrons. The molecule has 0 aliphatic carbocycles. The zero-order valence-electron chi connectivity index (χ0n) is 7.81. The number of methoxy groups -OCH3 is 1. The minimum atomic E-state index is -1.83. The van der Waals surface area contributed by atoms with Crippen LogP contribution < -0.4 is 0 Å². The van der Waals surface area contributed by atoms with Crippen molar-refractivity contribution in [3.05, 3.63) is 34.3 Å². The second-order valence-corrected chi connectivity index (χ2v) is 3.11. The van der Waals surface area contributed by atoms with Crippen LogP contribution in [0.4, 0.5) is 4.79 Å². The standard InChI is InChI=1S/C8H7BrO2.CH2O3/c1-11-8(10)6-4-2-3-5-7(6)9;2-1(3)4/h2-5H,1H3;(H2,2,3,4). The molecule has 6 heteroatoms. The summed E-state index contributed by atoms with van der Waals surface area (Å²) in [5.74, 6) is -0.322. The van der Waals surface area contributed by atoms with Crippen molar-refractivity contribution in [2.24, 2.45) is 0 Å². The predicted molar refractivity (Wildman–Crippen MR) is 56.1 cm³/mol. The smallest absolute Gasteiger partial charge is 0.465 e. The number of halogens is 1. The second-order valence-electron chi connectivity index (χ2n) is 2.25. The van der Waals surface area contributed by atoms with Gasteiger partial charge in [-0.2, -0.15) is 0 Å². The molecule has 0 saturated carbocycles. The van der Waals surface area contributed by atoms with Crippen molar-refractivity contribution in [2.75, 3.05) is 7.11 Å². The van der Waals surface area contributed by atoms with Gasteiger partial charge in [0.25, 0.3) is 0 Å². The normalized spacial score (nSPS) is 8.40. The van der Waals surface area contributed by atoms with Gasteiger partial charge >= 0.3 is 12.1 Å². The number of hydrogen-bond acceptors (Lipinski definition) is 3. The number of esters is 1. The summed E-state index contributed by atoms with van der Waals surface area (Å²) < 4.78 is 5.30. The summed E-state index contributed by atoms with van der Waals surface area (Å²) in [5, 5.41) is 13.9. The van der Waals surface area contributed by atoms with E-state index in [0.717, 1.165) is 4.47 Å². The van der Waals surface area contributed by atoms with Gasteiger partial charge in [0.15, 0.2) is 0 Å². The summed E-state index contributed by atoms with van der Waals surface area (Å²) in [6.45, 7) is 0. The van der Waals surface area contributed by atoms with Crippen LogP contribution in [0.15, 0.2) is 28.7 Å². The zero-order chi connectivity index (χ0) is 11.8. The number of benzene rings is 1. The minimum Gasteiger partial charge on any atom is -0.465 e. The molecule has 1 aromatic carbocycles. The summed E-state index contributed by atoms with van der Waals surface area (Å²) in [6, 6.07) is 7.13. The molecule has 1 rings (SSSR count). The van der Waals surface area contributed by atoms with Gasteiger partial charge in [-0.1, -0.05) is 12.1 Å². The van der Waals surface area contributed by atoms with Crippen LogP contribution in [0, 0.1) is 0 Å². The third-order valence-corrected chi connectivity index (χ3v) is 1.97. The lowest BCUT2D eigenvalue weighted by atomic mass is 10.2. The Kier molecular flexibility index (Phi) is 6.12. The van der Waals surface area contributed by atoms with E-state index in [0.29, 0.717) is 5.56 Å². The largest absolute Gasteiger partial charge is 0.503 e. The van der Waals surface area contributed by atoms with Crippen molar-refractivity contribution in [1.82, 2.24) is 0 Å². The number of ether oxygens (including phenoxy) is 1. The van der Waals surface area contributed by atoms with Gasteiger partial charge in [0, 0.05) is 4.47 Å². The number of hydrogen-bond donors (Lipinski definition) is 2. The molecule has 0 fully saturated rings. The fourth-order valence-electron chi connectivity index (χ4n) is 0.737. The fraction of sp³-hybridized carbons (Fsp3) is 0.111. The van der Waals surface area contributed by atoms with E-state index in [2.05, 4.69) is 20.7 Å². The number of carbonyl (C=O) groups excluding carboxylic acids is 1. The van der Waals surface area contributed by atoms with Crippen LogP contribution in [0.3, 0.4) is 0 Å². The Hall–Kier alpha value is -1.56. The van der Waals surface area contributed by atoms with Crippen LogP contribution in [0.25, 0.3) is 0 Å². The van der Waals surface area contributed by atoms with E-state index in [1.54, 1.807) is 18.2 Å². The van der Waals surface area contributed by atoms with Gasteiger partial charge in [0.05, 0.1) is 12.7 Å². The molecule has 0 aromatic heterocycles. The van der Waals surface area contributed by atoms with Crippen LogP contribution in [0.2, 0.25) is 0 Å². The topological polar surface area (TPSA) is 83.8 Å². The van der Waals surface area contributed by atoms with Crippen molar-refractivity contribution in [3.63, 3.8) is 0 Å². The van der Waals surface area contributed by atoms with Crippen molar-refractivity contribution in [1.29, 1.82) is 0 Å². The molecular weight excluding hydrogens is 268 g/mol. The van der Waals surface area contributed by atoms with Gasteiger partial charge in [-0.3, -0.25) is 0 Å². The minimum absolute atomic E-state index is 0.322. The highest BCUT2D eigenvalue weighted by atomic mass is 79.9. The van der Waals surface area contributed by atoms with E-state index in [-0.39, 0.29) is 5.97 Å². The number of rotatable bonds is 1. The molecule has 0 bridgehead atoms. The molecule has 0 atom stereocenters. The molecule has 0 amide bonds. The first-order chi connectivity index (χ1) is 6.99. The molecule has 0 heterocycles. The molecule has 15 heavy (non-hydrogen) atoms. The highest BCUT2D eigenvalue weighted by molar-refractivity contribution is 9.10. The van der Waals surface area contributed by atoms with E-state index in [1.807, 2.05) is 6.07 Å². The number of carbonyl (C=O) groups is 2. The van der Waals surface area contributed by atoms with Gasteiger partial charge in [-0.05, 0) is 28.1 Å². The summed E-state index contributed by atoms with van der Waals surface area (Å²) in [7, 11) is 1.36. The highest BCUT2D eigenvalue weighted by Gasteiger charge is 2.07. The molecule has 0 aliphatic heterocycles. The molecule has 0 aliphatic rings. The number of carboxylic acid groups (broad SMARTS) is 2. The first-order valence-corrected chi connectivity index (χ1v) is 4.53. The fourth-order valence-corrected chi connectivity index (χ4v) is 1.18. The van der Waals surface area contributed by atoms with Crippen LogP contribution in [-0.4, -0.2) is 29.4 Å². The Morgan fingerprint density at radius 3 is 2.13 bits per heavy atom. The van der Waals surface area contributed by atoms with Gasteiger partial charge < -0.3 is 14.9 Å². The van der Waals surface area contributed by atoms with E-state index in [1.165, 1.54) is 7.11 Å². The first kappa shape index (κ1) is 13.4. The quantitative estimate of drug-likeness (QED) is 0.770. The van der Waals surface area contributed by atoms with Crippen molar-refractivity contribution in [3.8, 4) is 0 Å². The SMILES string of the molecule is COC(=O)c1ccccc1Br.O=C(O)O. The monoisotopic (exact) mass is 276 g/mol. The van der Waals surface area contributed by atoms with Crippen molar-refractivity contribution >= 4 is 28.1 Å². The van der Waals surface area contributed by atoms with Crippen LogP contribution in [0.5, 0.6) is 0 Å². The first-order valence-electron chi connectivity index (χ1n) is 3.73. The molecule has 0 unspecified atom stereocenters. The Morgan fingerprint density at radius 2 is 1.73 bits per heavy atom. The lowest BCUT2D eigenvalue weighted by molar-refractivity contribution is 0.0599. The Morgan fingerprint density at radius 1 is 1.27 bits per heavy atom. The van der Waals surface area contributed by atoms with Crippen molar-refractivity contribution < 1.29 is 24.5 Å². The summed E-state index contributed by atoms with van der Waals surface area (Å²) in [6.07, 6.45) is -1.83. The maximum Gasteiger partial charge on any atom is 0.503 e. The molecule has 1 aromatic rings. The zero-order valence-corrected chi connectivity index (χ0v) is 9.39. The Bertz CT molecular complexity index is 346. The summed E-state index contributed by atoms with van der Waals surface area (Å²) in [4.78, 5) is 19.5. The average Bonchev–Trinajstić information content (AvgIpc) is 2.16. The summed E-state index contributed by atoms with van der Waals surface area (Å²) in [5.41, 5.74) is 0.551. The maximum atomic E-state index is 11.0. The van der Waals surface area contributed by atoms with Crippen molar-refractivity contribution in [2.45, 2.75) is 0 Å². The van der Waals surface area contributed by atoms with Gasteiger partial charge in [-0.15, -0.1) is 0 Å². The lowest BCUT2D eigenvalue weighted by Gasteiger charge is -1.99. The van der Waals surface area contributed by atoms with Gasteiger partial charge in [0.2, 0.25) is 0 Å². The van der Waals surface area contributed by atoms with E-state index < -0.39 is 6.16 Å². The molecular formula is C9H9BrO5. The lowest BCUT2D eigenvalue weighted by Crippen LogP contribution is -2.01. The van der Waals surface area contributed by atoms with Gasteiger partial charge in [0.1, 0.15) is 0 Å². The molecule has 2 N–H and O–H groups in total. The molecule has 0 saturated heterocycles. The third-order valence-electron chi connectivity index (χ3n) is 1.28. The predicted octanol–water partition coefficient (Wildman–Crippen LogP) is 2.46. The second kappa shape index (κ2) is 6.83. The van der Waals surface area contributed by atoms with E-state index in [4.69, 9.17) is 15.0 Å². The van der Waals surface area contributed by atoms with Crippen LogP contribution in [-0.2, 0) is 4.74 Å². The maximum absolute atomic E-state index is 11.0. The molecule has 0 spiro atoms. The summed E-state index contributed by atoms with van der Waals surface area (Å²) >= 11 is 3.24. The Labute approximate surface area is 94.4 Å². The Balaban J connectivity index is 0.000000423. The van der Waals surface area contributed by atoms with Crippen LogP contribution >= 0.6 is 15.9 Å². The van der Waals surface area contributed by atoms with E-state index >= 15 is 0 Å².